The molecule has 0 bridgehead atoms. The maximum atomic E-state index is 12.0. The summed E-state index contributed by atoms with van der Waals surface area (Å²) in [5.41, 5.74) is 22.5. The topological polar surface area (TPSA) is 289 Å². The lowest BCUT2D eigenvalue weighted by atomic mass is 9.98. The molecule has 0 unspecified atom stereocenters. The summed E-state index contributed by atoms with van der Waals surface area (Å²) in [6, 6.07) is 62.2. The molecule has 0 radical (unpaired) electrons. The van der Waals surface area contributed by atoms with Gasteiger partial charge in [0.25, 0.3) is 0 Å². The number of rotatable bonds is 20. The SMILES string of the molecule is COc1cc(C)cc(-c2c(-c3ccc(-c4ccccc4C(C)=O)nc3)cnn2CC#N)c1.COc1cc(C)cc(-c2c(-c3ccc(Cl)nc3)cnn2CC#N)c1.COc1cc(C)cc(-c2nn(CC#N)cc2-c2ccc(-c3ccccc3C(C)=O)nc2)c1.COc1cc(C)cc(-c2nn(CC#N)cc2-c2ccc(Cl)nc2)c1. The summed E-state index contributed by atoms with van der Waals surface area (Å²) in [6.07, 6.45) is 14.1. The fraction of sp³-hybridized carbons (Fsp3) is 0.159. The second kappa shape index (κ2) is 36.6. The summed E-state index contributed by atoms with van der Waals surface area (Å²) < 4.78 is 28.2. The van der Waals surface area contributed by atoms with E-state index in [1.165, 1.54) is 0 Å². The summed E-state index contributed by atoms with van der Waals surface area (Å²) in [5, 5.41) is 55.4. The molecule has 6 aromatic carbocycles. The number of hydrogen-bond donors (Lipinski definition) is 0. The normalized spacial score (nSPS) is 10.5. The number of benzene rings is 6. The lowest BCUT2D eigenvalue weighted by molar-refractivity contribution is 0.101. The first-order valence-electron chi connectivity index (χ1n) is 35.0. The van der Waals surface area contributed by atoms with Crippen LogP contribution in [0.1, 0.15) is 56.8 Å². The summed E-state index contributed by atoms with van der Waals surface area (Å²) in [4.78, 5) is 41.5. The first-order valence-corrected chi connectivity index (χ1v) is 35.8. The quantitative estimate of drug-likeness (QED) is 0.0506. The molecule has 0 fully saturated rings. The zero-order valence-corrected chi connectivity index (χ0v) is 64.5. The fourth-order valence-electron chi connectivity index (χ4n) is 12.7. The Balaban J connectivity index is 0.000000149. The minimum absolute atomic E-state index is 0.0000580. The molecule has 24 heteroatoms. The van der Waals surface area contributed by atoms with Crippen LogP contribution in [0.2, 0.25) is 10.3 Å². The zero-order valence-electron chi connectivity index (χ0n) is 63.0. The standard InChI is InChI=1S/2C26H22N4O2.2C18H15ClN4O/c1-17-12-20(14-21(13-17)32-3)26-24(16-30(29-26)11-10-27)19-8-9-25(28-15-19)23-7-5-4-6-22(23)18(2)31;1-17-12-20(14-21(13-17)32-3)26-24(16-29-30(26)11-10-27)19-8-9-25(28-15-19)23-7-5-4-6-22(23)18(2)31;1-12-7-14(9-15(8-12)24-2)18-16(11-23(22-18)6-5-20)13-3-4-17(19)21-10-13;1-12-7-14(9-15(8-12)24-2)18-16(11-22-23(18)6-5-20)13-3-4-17(19)21-10-13/h2*4-9,12-16H,11H2,1-3H3;2*3-4,7-11H,6H2,1-2H3. The van der Waals surface area contributed by atoms with Gasteiger partial charge in [0.15, 0.2) is 11.6 Å². The Labute approximate surface area is 658 Å². The number of halogens is 2. The highest BCUT2D eigenvalue weighted by Crippen LogP contribution is 2.40. The smallest absolute Gasteiger partial charge is 0.160 e. The van der Waals surface area contributed by atoms with Gasteiger partial charge in [-0.2, -0.15) is 41.4 Å². The van der Waals surface area contributed by atoms with Gasteiger partial charge in [-0.3, -0.25) is 38.3 Å². The van der Waals surface area contributed by atoms with E-state index in [0.29, 0.717) is 21.4 Å². The fourth-order valence-corrected chi connectivity index (χ4v) is 12.9. The molecule has 0 saturated heterocycles. The van der Waals surface area contributed by atoms with Crippen molar-refractivity contribution in [2.24, 2.45) is 0 Å². The van der Waals surface area contributed by atoms with Crippen LogP contribution in [0, 0.1) is 73.0 Å². The summed E-state index contributed by atoms with van der Waals surface area (Å²) in [6.45, 7) is 11.7. The third kappa shape index (κ3) is 18.9. The number of pyridine rings is 4. The molecule has 0 aliphatic rings. The third-order valence-corrected chi connectivity index (χ3v) is 18.2. The highest BCUT2D eigenvalue weighted by atomic mass is 35.5. The molecule has 0 N–H and O–H groups in total. The second-order valence-corrected chi connectivity index (χ2v) is 26.5. The number of nitriles is 4. The number of methoxy groups -OCH3 is 4. The number of nitrogens with zero attached hydrogens (tertiary/aromatic N) is 16. The monoisotopic (exact) mass is 1520 g/mol. The van der Waals surface area contributed by atoms with Crippen molar-refractivity contribution in [2.75, 3.05) is 28.4 Å². The Kier molecular flexibility index (Phi) is 25.8. The molecule has 0 atom stereocenters. The number of carbonyl (C=O) groups excluding carboxylic acids is 2. The van der Waals surface area contributed by atoms with Crippen molar-refractivity contribution >= 4 is 34.8 Å². The van der Waals surface area contributed by atoms with Gasteiger partial charge < -0.3 is 18.9 Å². The van der Waals surface area contributed by atoms with Crippen molar-refractivity contribution in [3.05, 3.63) is 263 Å². The predicted molar refractivity (Wildman–Crippen MR) is 432 cm³/mol. The van der Waals surface area contributed by atoms with Gasteiger partial charge >= 0.3 is 0 Å². The van der Waals surface area contributed by atoms with Gasteiger partial charge in [0, 0.05) is 126 Å². The van der Waals surface area contributed by atoms with Crippen LogP contribution in [0.5, 0.6) is 23.0 Å². The Morgan fingerprint density at radius 2 is 0.688 bits per heavy atom. The second-order valence-electron chi connectivity index (χ2n) is 25.7. The first-order chi connectivity index (χ1) is 54.2. The van der Waals surface area contributed by atoms with Gasteiger partial charge in [0.2, 0.25) is 0 Å². The van der Waals surface area contributed by atoms with Crippen LogP contribution < -0.4 is 18.9 Å². The van der Waals surface area contributed by atoms with Crippen LogP contribution in [-0.2, 0) is 26.2 Å². The molecule has 0 saturated carbocycles. The highest BCUT2D eigenvalue weighted by Gasteiger charge is 2.22. The van der Waals surface area contributed by atoms with Gasteiger partial charge in [-0.25, -0.2) is 9.97 Å². The van der Waals surface area contributed by atoms with E-state index in [2.05, 4.69) is 64.6 Å². The molecule has 0 spiro atoms. The van der Waals surface area contributed by atoms with Crippen molar-refractivity contribution in [1.82, 2.24) is 59.1 Å². The van der Waals surface area contributed by atoms with Crippen LogP contribution in [-0.4, -0.2) is 99.1 Å². The number of aryl methyl sites for hydroxylation is 4. The summed E-state index contributed by atoms with van der Waals surface area (Å²) in [5.74, 6) is 3.01. The van der Waals surface area contributed by atoms with Gasteiger partial charge in [0.1, 0.15) is 70.9 Å². The number of hydrogen-bond acceptors (Lipinski definition) is 18. The van der Waals surface area contributed by atoms with E-state index in [4.69, 9.17) is 57.9 Å². The lowest BCUT2D eigenvalue weighted by Crippen LogP contribution is -2.01. The molecule has 0 aliphatic heterocycles. The van der Waals surface area contributed by atoms with Crippen molar-refractivity contribution < 1.29 is 28.5 Å². The van der Waals surface area contributed by atoms with E-state index < -0.39 is 0 Å². The van der Waals surface area contributed by atoms with E-state index in [9.17, 15) is 14.9 Å². The van der Waals surface area contributed by atoms with Crippen molar-refractivity contribution in [3.8, 4) is 159 Å². The highest BCUT2D eigenvalue weighted by molar-refractivity contribution is 6.29. The van der Waals surface area contributed by atoms with Gasteiger partial charge in [-0.1, -0.05) is 83.9 Å². The van der Waals surface area contributed by atoms with E-state index in [-0.39, 0.29) is 37.7 Å². The number of carbonyl (C=O) groups is 2. The average Bonchev–Trinajstić information content (AvgIpc) is 1.68. The molecule has 8 aromatic heterocycles. The molecule has 0 amide bonds. The van der Waals surface area contributed by atoms with E-state index >= 15 is 0 Å². The average molecular weight is 1520 g/mol. The van der Waals surface area contributed by atoms with E-state index in [1.807, 2.05) is 198 Å². The molecule has 14 aromatic rings. The van der Waals surface area contributed by atoms with Crippen LogP contribution in [0.4, 0.5) is 0 Å². The Hall–Kier alpha value is -14.2. The molecule has 0 aliphatic carbocycles. The molecule has 112 heavy (non-hydrogen) atoms. The molecule has 556 valence electrons. The van der Waals surface area contributed by atoms with Crippen LogP contribution in [0.25, 0.3) is 112 Å². The number of ketones is 2. The van der Waals surface area contributed by atoms with Gasteiger partial charge in [-0.15, -0.1) is 0 Å². The Morgan fingerprint density at radius 1 is 0.366 bits per heavy atom. The van der Waals surface area contributed by atoms with Gasteiger partial charge in [0.05, 0.1) is 87.9 Å². The van der Waals surface area contributed by atoms with Gasteiger partial charge in [-0.05, 0) is 173 Å². The van der Waals surface area contributed by atoms with Crippen LogP contribution in [0.3, 0.4) is 0 Å². The molecule has 22 nitrogen and oxygen atoms in total. The zero-order chi connectivity index (χ0) is 79.5. The largest absolute Gasteiger partial charge is 0.497 e. The maximum absolute atomic E-state index is 12.0. The summed E-state index contributed by atoms with van der Waals surface area (Å²) in [7, 11) is 6.54. The molecular formula is C88H74Cl2N16O6. The van der Waals surface area contributed by atoms with Crippen molar-refractivity contribution in [3.63, 3.8) is 0 Å². The minimum Gasteiger partial charge on any atom is -0.497 e. The van der Waals surface area contributed by atoms with Crippen LogP contribution >= 0.6 is 23.2 Å². The lowest BCUT2D eigenvalue weighted by Gasteiger charge is -2.11. The third-order valence-electron chi connectivity index (χ3n) is 17.7. The number of ether oxygens (including phenoxy) is 4. The van der Waals surface area contributed by atoms with Crippen molar-refractivity contribution in [1.29, 1.82) is 21.0 Å². The molecule has 14 rings (SSSR count). The van der Waals surface area contributed by atoms with Crippen molar-refractivity contribution in [2.45, 2.75) is 67.7 Å². The minimum atomic E-state index is -0.0000580. The molecule has 8 heterocycles. The molecular weight excluding hydrogens is 1450 g/mol. The maximum Gasteiger partial charge on any atom is 0.160 e. The number of Topliss-reactive ketones (excluding diaryl/α,β-unsaturated/α-hetero) is 2. The Bertz CT molecular complexity index is 5780. The first kappa shape index (κ1) is 78.9. The predicted octanol–water partition coefficient (Wildman–Crippen LogP) is 18.9. The van der Waals surface area contributed by atoms with Crippen LogP contribution in [0.15, 0.2) is 219 Å². The van der Waals surface area contributed by atoms with E-state index in [1.54, 1.807) is 110 Å². The number of aromatic nitrogens is 12. The van der Waals surface area contributed by atoms with E-state index in [0.717, 1.165) is 157 Å². The summed E-state index contributed by atoms with van der Waals surface area (Å²) >= 11 is 11.8. The Morgan fingerprint density at radius 3 is 1.00 bits per heavy atom.